The number of rotatable bonds is 8. The topological polar surface area (TPSA) is 94.5 Å². The Morgan fingerprint density at radius 2 is 2.26 bits per heavy atom. The van der Waals surface area contributed by atoms with Crippen LogP contribution in [0.5, 0.6) is 5.75 Å². The zero-order chi connectivity index (χ0) is 21.6. The molecule has 1 atom stereocenters. The van der Waals surface area contributed by atoms with Crippen molar-refractivity contribution in [3.63, 3.8) is 0 Å². The van der Waals surface area contributed by atoms with E-state index < -0.39 is 0 Å². The molecule has 1 aromatic carbocycles. The highest BCUT2D eigenvalue weighted by Crippen LogP contribution is 2.28. The summed E-state index contributed by atoms with van der Waals surface area (Å²) in [6.07, 6.45) is 4.50. The number of ether oxygens (including phenoxy) is 2. The number of aryl methyl sites for hydroxylation is 1. The predicted molar refractivity (Wildman–Crippen MR) is 118 cm³/mol. The second-order valence-corrected chi connectivity index (χ2v) is 8.26. The first-order valence-electron chi connectivity index (χ1n) is 10.0. The summed E-state index contributed by atoms with van der Waals surface area (Å²) in [6, 6.07) is 9.43. The Labute approximate surface area is 184 Å². The molecule has 2 aromatic heterocycles. The molecule has 1 aliphatic rings. The summed E-state index contributed by atoms with van der Waals surface area (Å²) in [4.78, 5) is 28.7. The summed E-state index contributed by atoms with van der Waals surface area (Å²) in [5.74, 6) is 0.594. The van der Waals surface area contributed by atoms with Gasteiger partial charge in [-0.15, -0.1) is 11.3 Å². The second-order valence-electron chi connectivity index (χ2n) is 7.40. The highest BCUT2D eigenvalue weighted by molar-refractivity contribution is 7.14. The largest absolute Gasteiger partial charge is 0.493 e. The third-order valence-corrected chi connectivity index (χ3v) is 5.65. The lowest BCUT2D eigenvalue weighted by molar-refractivity contribution is -0.115. The van der Waals surface area contributed by atoms with Crippen molar-refractivity contribution in [2.75, 3.05) is 31.7 Å². The van der Waals surface area contributed by atoms with Crippen molar-refractivity contribution in [2.24, 2.45) is 13.0 Å². The van der Waals surface area contributed by atoms with Gasteiger partial charge in [0, 0.05) is 42.9 Å². The van der Waals surface area contributed by atoms with Gasteiger partial charge in [-0.1, -0.05) is 12.1 Å². The highest BCUT2D eigenvalue weighted by Gasteiger charge is 2.16. The molecule has 1 aliphatic heterocycles. The molecule has 0 aliphatic carbocycles. The van der Waals surface area contributed by atoms with E-state index in [0.29, 0.717) is 23.2 Å². The Morgan fingerprint density at radius 3 is 3.03 bits per heavy atom. The van der Waals surface area contributed by atoms with Crippen LogP contribution in [0.2, 0.25) is 0 Å². The Hall–Kier alpha value is -3.17. The molecular formula is C22H24N4O4S. The van der Waals surface area contributed by atoms with E-state index in [4.69, 9.17) is 9.47 Å². The zero-order valence-corrected chi connectivity index (χ0v) is 18.0. The molecule has 0 bridgehead atoms. The predicted octanol–water partition coefficient (Wildman–Crippen LogP) is 2.93. The number of hydrogen-bond donors (Lipinski definition) is 2. The Bertz CT molecular complexity index is 1060. The summed E-state index contributed by atoms with van der Waals surface area (Å²) in [6.45, 7) is 2.06. The van der Waals surface area contributed by atoms with Crippen molar-refractivity contribution in [1.82, 2.24) is 14.9 Å². The van der Waals surface area contributed by atoms with Gasteiger partial charge in [0.2, 0.25) is 5.91 Å². The Balaban J connectivity index is 1.30. The maximum atomic E-state index is 12.2. The van der Waals surface area contributed by atoms with Gasteiger partial charge in [0.05, 0.1) is 31.0 Å². The average molecular weight is 441 g/mol. The maximum absolute atomic E-state index is 12.2. The monoisotopic (exact) mass is 440 g/mol. The van der Waals surface area contributed by atoms with Gasteiger partial charge in [-0.2, -0.15) is 0 Å². The fraction of sp³-hybridized carbons (Fsp3) is 0.318. The van der Waals surface area contributed by atoms with Gasteiger partial charge in [0.1, 0.15) is 5.75 Å². The number of carbonyl (C=O) groups is 2. The molecule has 2 N–H and O–H groups in total. The van der Waals surface area contributed by atoms with E-state index in [2.05, 4.69) is 15.6 Å². The second kappa shape index (κ2) is 9.76. The van der Waals surface area contributed by atoms with Crippen LogP contribution in [0.15, 0.2) is 48.1 Å². The minimum atomic E-state index is -0.332. The molecule has 162 valence electrons. The van der Waals surface area contributed by atoms with Crippen LogP contribution in [0, 0.1) is 5.92 Å². The smallest absolute Gasteiger partial charge is 0.253 e. The fourth-order valence-corrected chi connectivity index (χ4v) is 3.94. The van der Waals surface area contributed by atoms with E-state index in [1.165, 1.54) is 11.3 Å². The highest BCUT2D eigenvalue weighted by atomic mass is 32.1. The van der Waals surface area contributed by atoms with Crippen LogP contribution in [0.25, 0.3) is 11.3 Å². The number of amides is 2. The van der Waals surface area contributed by atoms with Crippen molar-refractivity contribution in [3.8, 4) is 17.0 Å². The lowest BCUT2D eigenvalue weighted by Gasteiger charge is -2.10. The van der Waals surface area contributed by atoms with E-state index in [1.54, 1.807) is 23.0 Å². The molecule has 0 saturated carbocycles. The average Bonchev–Trinajstić information content (AvgIpc) is 3.53. The van der Waals surface area contributed by atoms with Crippen LogP contribution in [0.3, 0.4) is 0 Å². The first-order valence-corrected chi connectivity index (χ1v) is 10.9. The number of benzene rings is 1. The van der Waals surface area contributed by atoms with E-state index >= 15 is 0 Å². The van der Waals surface area contributed by atoms with Crippen molar-refractivity contribution < 1.29 is 19.1 Å². The van der Waals surface area contributed by atoms with Gasteiger partial charge >= 0.3 is 0 Å². The van der Waals surface area contributed by atoms with Crippen LogP contribution in [0.1, 0.15) is 16.8 Å². The molecule has 1 fully saturated rings. The molecular weight excluding hydrogens is 416 g/mol. The maximum Gasteiger partial charge on any atom is 0.253 e. The number of hydrogen-bond acceptors (Lipinski definition) is 6. The van der Waals surface area contributed by atoms with E-state index in [-0.39, 0.29) is 18.4 Å². The molecule has 4 rings (SSSR count). The molecule has 3 aromatic rings. The third-order valence-electron chi connectivity index (χ3n) is 4.89. The number of aromatic nitrogens is 2. The molecule has 1 unspecified atom stereocenters. The van der Waals surface area contributed by atoms with Gasteiger partial charge in [-0.25, -0.2) is 4.98 Å². The first-order chi connectivity index (χ1) is 15.1. The van der Waals surface area contributed by atoms with Gasteiger partial charge in [0.15, 0.2) is 5.13 Å². The molecule has 0 spiro atoms. The van der Waals surface area contributed by atoms with Crippen LogP contribution >= 0.6 is 11.3 Å². The summed E-state index contributed by atoms with van der Waals surface area (Å²) in [7, 11) is 1.83. The fourth-order valence-electron chi connectivity index (χ4n) is 3.20. The van der Waals surface area contributed by atoms with Gasteiger partial charge < -0.3 is 24.7 Å². The third kappa shape index (κ3) is 5.71. The number of carbonyl (C=O) groups excluding carboxylic acids is 2. The molecule has 1 saturated heterocycles. The van der Waals surface area contributed by atoms with E-state index in [9.17, 15) is 9.59 Å². The number of nitrogens with zero attached hydrogens (tertiary/aromatic N) is 2. The summed E-state index contributed by atoms with van der Waals surface area (Å²) < 4.78 is 13.1. The van der Waals surface area contributed by atoms with Crippen molar-refractivity contribution in [3.05, 3.63) is 53.7 Å². The summed E-state index contributed by atoms with van der Waals surface area (Å²) in [5.41, 5.74) is 2.17. The number of thiazole rings is 1. The van der Waals surface area contributed by atoms with Crippen LogP contribution in [0.4, 0.5) is 5.13 Å². The van der Waals surface area contributed by atoms with Crippen molar-refractivity contribution in [2.45, 2.75) is 6.42 Å². The van der Waals surface area contributed by atoms with E-state index in [1.807, 2.05) is 36.7 Å². The lowest BCUT2D eigenvalue weighted by atomic mass is 10.1. The molecule has 31 heavy (non-hydrogen) atoms. The van der Waals surface area contributed by atoms with Crippen molar-refractivity contribution in [1.29, 1.82) is 0 Å². The standard InChI is InChI=1S/C22H24N4O4S/c1-26-7-5-17(11-26)21(28)23-10-20(27)25-22-24-19(14-31-22)16-3-2-4-18(9-16)30-13-15-6-8-29-12-15/h2-5,7,9,11,14-15H,6,8,10,12-13H2,1H3,(H,23,28)(H,24,25,27). The Kier molecular flexibility index (Phi) is 6.63. The van der Waals surface area contributed by atoms with Gasteiger partial charge in [0.25, 0.3) is 5.91 Å². The summed E-state index contributed by atoms with van der Waals surface area (Å²) in [5, 5.41) is 7.68. The van der Waals surface area contributed by atoms with Gasteiger partial charge in [-0.3, -0.25) is 9.59 Å². The van der Waals surface area contributed by atoms with Crippen LogP contribution < -0.4 is 15.4 Å². The normalized spacial score (nSPS) is 15.6. The van der Waals surface area contributed by atoms with Gasteiger partial charge in [-0.05, 0) is 24.6 Å². The van der Waals surface area contributed by atoms with Crippen LogP contribution in [-0.2, 0) is 16.6 Å². The molecule has 8 nitrogen and oxygen atoms in total. The van der Waals surface area contributed by atoms with Crippen LogP contribution in [-0.4, -0.2) is 47.7 Å². The number of nitrogens with one attached hydrogen (secondary N) is 2. The summed E-state index contributed by atoms with van der Waals surface area (Å²) >= 11 is 1.33. The lowest BCUT2D eigenvalue weighted by Crippen LogP contribution is -2.32. The molecule has 2 amide bonds. The van der Waals surface area contributed by atoms with E-state index in [0.717, 1.165) is 36.6 Å². The minimum Gasteiger partial charge on any atom is -0.493 e. The minimum absolute atomic E-state index is 0.128. The Morgan fingerprint density at radius 1 is 1.35 bits per heavy atom. The molecule has 9 heteroatoms. The quantitative estimate of drug-likeness (QED) is 0.562. The van der Waals surface area contributed by atoms with Crippen molar-refractivity contribution >= 4 is 28.3 Å². The molecule has 3 heterocycles. The molecule has 0 radical (unpaired) electrons. The SMILES string of the molecule is Cn1ccc(C(=O)NCC(=O)Nc2nc(-c3cccc(OCC4CCOC4)c3)cs2)c1. The number of anilines is 1. The first kappa shape index (κ1) is 21.1. The zero-order valence-electron chi connectivity index (χ0n) is 17.2.